The fourth-order valence-electron chi connectivity index (χ4n) is 2.36. The summed E-state index contributed by atoms with van der Waals surface area (Å²) in [6.45, 7) is 0.551. The van der Waals surface area contributed by atoms with Gasteiger partial charge in [-0.2, -0.15) is 0 Å². The molecule has 1 amide bonds. The molecule has 0 saturated heterocycles. The number of benzene rings is 2. The van der Waals surface area contributed by atoms with E-state index in [9.17, 15) is 4.79 Å². The van der Waals surface area contributed by atoms with E-state index in [1.165, 1.54) is 5.56 Å². The summed E-state index contributed by atoms with van der Waals surface area (Å²) >= 11 is 0. The monoisotopic (exact) mass is 266 g/mol. The Bertz CT molecular complexity index is 592. The number of nitrogens with one attached hydrogen (secondary N) is 1. The zero-order valence-electron chi connectivity index (χ0n) is 11.3. The number of rotatable bonds is 4. The van der Waals surface area contributed by atoms with Crippen molar-refractivity contribution >= 4 is 5.91 Å². The van der Waals surface area contributed by atoms with Gasteiger partial charge >= 0.3 is 0 Å². The van der Waals surface area contributed by atoms with E-state index in [0.29, 0.717) is 24.1 Å². The van der Waals surface area contributed by atoms with Gasteiger partial charge in [0.1, 0.15) is 0 Å². The Labute approximate surface area is 118 Å². The first-order valence-corrected chi connectivity index (χ1v) is 6.92. The van der Waals surface area contributed by atoms with Gasteiger partial charge in [-0.25, -0.2) is 0 Å². The minimum Gasteiger partial charge on any atom is -0.348 e. The molecule has 0 spiro atoms. The van der Waals surface area contributed by atoms with Crippen LogP contribution >= 0.6 is 0 Å². The molecule has 102 valence electrons. The summed E-state index contributed by atoms with van der Waals surface area (Å²) in [5.74, 6) is 0.442. The van der Waals surface area contributed by atoms with Crippen LogP contribution in [0.5, 0.6) is 0 Å². The predicted octanol–water partition coefficient (Wildman–Crippen LogP) is 2.43. The van der Waals surface area contributed by atoms with Crippen molar-refractivity contribution in [2.24, 2.45) is 5.73 Å². The lowest BCUT2D eigenvalue weighted by atomic mass is 10.1. The molecule has 0 heterocycles. The molecular formula is C17H18N2O. The number of hydrogen-bond acceptors (Lipinski definition) is 2. The van der Waals surface area contributed by atoms with Gasteiger partial charge in [-0.15, -0.1) is 0 Å². The summed E-state index contributed by atoms with van der Waals surface area (Å²) in [5, 5.41) is 2.92. The Morgan fingerprint density at radius 3 is 2.35 bits per heavy atom. The van der Waals surface area contributed by atoms with Crippen molar-refractivity contribution in [3.8, 4) is 0 Å². The van der Waals surface area contributed by atoms with E-state index in [-0.39, 0.29) is 5.91 Å². The normalized spacial score (nSPS) is 20.4. The lowest BCUT2D eigenvalue weighted by Gasteiger charge is -2.06. The zero-order chi connectivity index (χ0) is 13.9. The highest BCUT2D eigenvalue weighted by Crippen LogP contribution is 2.38. The van der Waals surface area contributed by atoms with E-state index >= 15 is 0 Å². The third kappa shape index (κ3) is 2.89. The highest BCUT2D eigenvalue weighted by molar-refractivity contribution is 5.94. The first-order chi connectivity index (χ1) is 9.74. The minimum atomic E-state index is -0.0412. The fourth-order valence-corrected chi connectivity index (χ4v) is 2.36. The number of nitrogens with two attached hydrogens (primary N) is 1. The molecular weight excluding hydrogens is 248 g/mol. The van der Waals surface area contributed by atoms with Crippen molar-refractivity contribution < 1.29 is 4.79 Å². The zero-order valence-corrected chi connectivity index (χ0v) is 11.3. The topological polar surface area (TPSA) is 55.1 Å². The van der Waals surface area contributed by atoms with Crippen molar-refractivity contribution in [3.63, 3.8) is 0 Å². The van der Waals surface area contributed by atoms with Gasteiger partial charge in [-0.05, 0) is 29.7 Å². The SMILES string of the molecule is NC1CC1c1ccc(C(=O)NCc2ccccc2)cc1. The van der Waals surface area contributed by atoms with Crippen molar-refractivity contribution in [1.82, 2.24) is 5.32 Å². The van der Waals surface area contributed by atoms with Crippen LogP contribution in [0.15, 0.2) is 54.6 Å². The molecule has 3 rings (SSSR count). The van der Waals surface area contributed by atoms with Gasteiger partial charge in [0.05, 0.1) is 0 Å². The van der Waals surface area contributed by atoms with Crippen LogP contribution in [0.25, 0.3) is 0 Å². The number of amides is 1. The van der Waals surface area contributed by atoms with Crippen LogP contribution in [0.2, 0.25) is 0 Å². The summed E-state index contributed by atoms with van der Waals surface area (Å²) in [4.78, 5) is 12.0. The Balaban J connectivity index is 1.59. The first kappa shape index (κ1) is 12.9. The Hall–Kier alpha value is -2.13. The molecule has 3 N–H and O–H groups in total. The average Bonchev–Trinajstić information content (AvgIpc) is 3.23. The van der Waals surface area contributed by atoms with Gasteiger partial charge in [0, 0.05) is 24.1 Å². The van der Waals surface area contributed by atoms with Gasteiger partial charge in [0.15, 0.2) is 0 Å². The molecule has 2 unspecified atom stereocenters. The largest absolute Gasteiger partial charge is 0.348 e. The maximum atomic E-state index is 12.0. The second kappa shape index (κ2) is 5.47. The van der Waals surface area contributed by atoms with Crippen molar-refractivity contribution in [2.45, 2.75) is 24.9 Å². The lowest BCUT2D eigenvalue weighted by Crippen LogP contribution is -2.22. The number of carbonyl (C=O) groups excluding carboxylic acids is 1. The maximum Gasteiger partial charge on any atom is 0.251 e. The number of hydrogen-bond donors (Lipinski definition) is 2. The molecule has 2 atom stereocenters. The maximum absolute atomic E-state index is 12.0. The van der Waals surface area contributed by atoms with E-state index in [4.69, 9.17) is 5.73 Å². The fraction of sp³-hybridized carbons (Fsp3) is 0.235. The van der Waals surface area contributed by atoms with Gasteiger partial charge in [-0.1, -0.05) is 42.5 Å². The molecule has 20 heavy (non-hydrogen) atoms. The summed E-state index contributed by atoms with van der Waals surface area (Å²) in [6, 6.07) is 18.0. The van der Waals surface area contributed by atoms with E-state index < -0.39 is 0 Å². The average molecular weight is 266 g/mol. The molecule has 3 heteroatoms. The predicted molar refractivity (Wildman–Crippen MR) is 79.4 cm³/mol. The molecule has 0 aliphatic heterocycles. The third-order valence-corrected chi connectivity index (χ3v) is 3.74. The van der Waals surface area contributed by atoms with Crippen molar-refractivity contribution in [1.29, 1.82) is 0 Å². The van der Waals surface area contributed by atoms with Gasteiger partial charge in [-0.3, -0.25) is 4.79 Å². The second-order valence-electron chi connectivity index (χ2n) is 5.30. The second-order valence-corrected chi connectivity index (χ2v) is 5.30. The smallest absolute Gasteiger partial charge is 0.251 e. The lowest BCUT2D eigenvalue weighted by molar-refractivity contribution is 0.0951. The van der Waals surface area contributed by atoms with Crippen LogP contribution in [0.1, 0.15) is 33.8 Å². The quantitative estimate of drug-likeness (QED) is 0.893. The van der Waals surface area contributed by atoms with Crippen LogP contribution < -0.4 is 11.1 Å². The van der Waals surface area contributed by atoms with Crippen LogP contribution in [0.3, 0.4) is 0 Å². The Morgan fingerprint density at radius 1 is 1.10 bits per heavy atom. The van der Waals surface area contributed by atoms with E-state index in [0.717, 1.165) is 12.0 Å². The summed E-state index contributed by atoms with van der Waals surface area (Å²) in [5.41, 5.74) is 8.85. The van der Waals surface area contributed by atoms with Crippen LogP contribution in [0.4, 0.5) is 0 Å². The molecule has 0 aromatic heterocycles. The highest BCUT2D eigenvalue weighted by Gasteiger charge is 2.34. The van der Waals surface area contributed by atoms with Crippen LogP contribution in [0, 0.1) is 0 Å². The molecule has 0 radical (unpaired) electrons. The Morgan fingerprint density at radius 2 is 1.75 bits per heavy atom. The molecule has 2 aromatic rings. The van der Waals surface area contributed by atoms with E-state index in [2.05, 4.69) is 5.32 Å². The first-order valence-electron chi connectivity index (χ1n) is 6.92. The molecule has 1 fully saturated rings. The highest BCUT2D eigenvalue weighted by atomic mass is 16.1. The summed E-state index contributed by atoms with van der Waals surface area (Å²) in [6.07, 6.45) is 1.06. The molecule has 2 aromatic carbocycles. The van der Waals surface area contributed by atoms with Crippen molar-refractivity contribution in [2.75, 3.05) is 0 Å². The van der Waals surface area contributed by atoms with E-state index in [1.54, 1.807) is 0 Å². The van der Waals surface area contributed by atoms with Gasteiger partial charge in [0.2, 0.25) is 0 Å². The van der Waals surface area contributed by atoms with Crippen molar-refractivity contribution in [3.05, 3.63) is 71.3 Å². The third-order valence-electron chi connectivity index (χ3n) is 3.74. The van der Waals surface area contributed by atoms with Crippen LogP contribution in [-0.4, -0.2) is 11.9 Å². The molecule has 0 bridgehead atoms. The summed E-state index contributed by atoms with van der Waals surface area (Å²) < 4.78 is 0. The molecule has 1 aliphatic rings. The number of carbonyl (C=O) groups is 1. The van der Waals surface area contributed by atoms with Gasteiger partial charge < -0.3 is 11.1 Å². The van der Waals surface area contributed by atoms with Crippen LogP contribution in [-0.2, 0) is 6.54 Å². The minimum absolute atomic E-state index is 0.0412. The van der Waals surface area contributed by atoms with Gasteiger partial charge in [0.25, 0.3) is 5.91 Å². The standard InChI is InChI=1S/C17H18N2O/c18-16-10-15(16)13-6-8-14(9-7-13)17(20)19-11-12-4-2-1-3-5-12/h1-9,15-16H,10-11,18H2,(H,19,20). The molecule has 1 aliphatic carbocycles. The molecule has 1 saturated carbocycles. The van der Waals surface area contributed by atoms with E-state index in [1.807, 2.05) is 54.6 Å². The summed E-state index contributed by atoms with van der Waals surface area (Å²) in [7, 11) is 0. The Kier molecular flexibility index (Phi) is 3.52. The molecule has 3 nitrogen and oxygen atoms in total.